The highest BCUT2D eigenvalue weighted by atomic mass is 32.1. The first-order valence-corrected chi connectivity index (χ1v) is 10.4. The van der Waals surface area contributed by atoms with Crippen LogP contribution in [0.15, 0.2) is 30.3 Å². The van der Waals surface area contributed by atoms with Crippen molar-refractivity contribution in [3.05, 3.63) is 35.9 Å². The lowest BCUT2D eigenvalue weighted by molar-refractivity contribution is -0.135. The van der Waals surface area contributed by atoms with E-state index in [1.807, 2.05) is 30.3 Å². The zero-order chi connectivity index (χ0) is 21.1. The van der Waals surface area contributed by atoms with Crippen molar-refractivity contribution in [3.63, 3.8) is 0 Å². The number of benzene rings is 1. The largest absolute Gasteiger partial charge is 0.444 e. The molecule has 1 aliphatic carbocycles. The van der Waals surface area contributed by atoms with Gasteiger partial charge in [0.25, 0.3) is 11.8 Å². The summed E-state index contributed by atoms with van der Waals surface area (Å²) in [6.07, 6.45) is 0.515. The Labute approximate surface area is 182 Å². The van der Waals surface area contributed by atoms with Gasteiger partial charge in [0, 0.05) is 12.5 Å². The monoisotopic (exact) mass is 445 g/mol. The zero-order valence-corrected chi connectivity index (χ0v) is 17.4. The van der Waals surface area contributed by atoms with Crippen LogP contribution in [0.3, 0.4) is 0 Å². The number of carbonyl (C=O) groups is 3. The maximum atomic E-state index is 13.2. The van der Waals surface area contributed by atoms with Crippen LogP contribution < -0.4 is 21.3 Å². The van der Waals surface area contributed by atoms with Crippen molar-refractivity contribution in [2.75, 3.05) is 6.54 Å². The molecular weight excluding hydrogens is 426 g/mol. The van der Waals surface area contributed by atoms with Crippen molar-refractivity contribution in [2.45, 2.75) is 30.7 Å². The van der Waals surface area contributed by atoms with Crippen molar-refractivity contribution in [1.82, 2.24) is 26.2 Å². The number of rotatable bonds is 2. The van der Waals surface area contributed by atoms with Crippen molar-refractivity contribution in [2.24, 2.45) is 11.8 Å². The van der Waals surface area contributed by atoms with Crippen LogP contribution in [0, 0.1) is 11.8 Å². The van der Waals surface area contributed by atoms with Crippen molar-refractivity contribution < 1.29 is 19.1 Å². The number of hydrogen-bond donors (Lipinski definition) is 4. The summed E-state index contributed by atoms with van der Waals surface area (Å²) in [5.74, 6) is -1.42. The van der Waals surface area contributed by atoms with Crippen molar-refractivity contribution in [3.8, 4) is 0 Å². The van der Waals surface area contributed by atoms with Crippen LogP contribution in [0.5, 0.6) is 0 Å². The van der Waals surface area contributed by atoms with Gasteiger partial charge < -0.3 is 20.7 Å². The molecule has 9 nitrogen and oxygen atoms in total. The third kappa shape index (κ3) is 2.54. The van der Waals surface area contributed by atoms with Crippen LogP contribution in [0.2, 0.25) is 0 Å². The maximum absolute atomic E-state index is 13.2. The third-order valence-corrected chi connectivity index (χ3v) is 6.88. The van der Waals surface area contributed by atoms with E-state index in [0.29, 0.717) is 12.8 Å². The molecule has 0 unspecified atom stereocenters. The summed E-state index contributed by atoms with van der Waals surface area (Å²) in [4.78, 5) is 40.5. The Kier molecular flexibility index (Phi) is 4.23. The molecule has 1 saturated carbocycles. The molecule has 4 N–H and O–H groups in total. The molecule has 1 aromatic carbocycles. The first-order valence-electron chi connectivity index (χ1n) is 9.62. The second kappa shape index (κ2) is 6.61. The molecule has 3 saturated heterocycles. The Morgan fingerprint density at radius 2 is 1.80 bits per heavy atom. The van der Waals surface area contributed by atoms with Gasteiger partial charge in [0.05, 0.1) is 0 Å². The van der Waals surface area contributed by atoms with Crippen LogP contribution in [0.25, 0.3) is 0 Å². The second-order valence-corrected chi connectivity index (χ2v) is 8.80. The van der Waals surface area contributed by atoms with Crippen LogP contribution in [-0.4, -0.2) is 50.8 Å². The molecule has 0 aromatic heterocycles. The van der Waals surface area contributed by atoms with E-state index in [4.69, 9.17) is 29.2 Å². The van der Waals surface area contributed by atoms with Gasteiger partial charge in [-0.3, -0.25) is 19.8 Å². The third-order valence-electron chi connectivity index (χ3n) is 6.48. The molecule has 4 atom stereocenters. The zero-order valence-electron chi connectivity index (χ0n) is 15.8. The summed E-state index contributed by atoms with van der Waals surface area (Å²) >= 11 is 10.4. The van der Waals surface area contributed by atoms with Crippen LogP contribution >= 0.6 is 24.4 Å². The van der Waals surface area contributed by atoms with Gasteiger partial charge in [-0.1, -0.05) is 30.3 Å². The molecular formula is C19H19N5O4S2. The number of amides is 3. The lowest BCUT2D eigenvalue weighted by Crippen LogP contribution is -2.69. The van der Waals surface area contributed by atoms with Gasteiger partial charge in [-0.2, -0.15) is 0 Å². The molecule has 4 aliphatic rings. The molecule has 11 heteroatoms. The van der Waals surface area contributed by atoms with E-state index in [9.17, 15) is 14.4 Å². The van der Waals surface area contributed by atoms with Gasteiger partial charge in [-0.15, -0.1) is 0 Å². The molecule has 3 amide bonds. The van der Waals surface area contributed by atoms with E-state index in [2.05, 4.69) is 21.3 Å². The molecule has 2 spiro atoms. The van der Waals surface area contributed by atoms with E-state index in [1.54, 1.807) is 0 Å². The normalized spacial score (nSPS) is 34.1. The predicted molar refractivity (Wildman–Crippen MR) is 113 cm³/mol. The average Bonchev–Trinajstić information content (AvgIpc) is 3.40. The Bertz CT molecular complexity index is 988. The predicted octanol–water partition coefficient (Wildman–Crippen LogP) is 0.109. The highest BCUT2D eigenvalue weighted by Crippen LogP contribution is 2.54. The highest BCUT2D eigenvalue weighted by Gasteiger charge is 2.74. The highest BCUT2D eigenvalue weighted by molar-refractivity contribution is 7.80. The lowest BCUT2D eigenvalue weighted by atomic mass is 9.76. The number of nitrogens with one attached hydrogen (secondary N) is 4. The summed E-state index contributed by atoms with van der Waals surface area (Å²) < 4.78 is 5.52. The van der Waals surface area contributed by atoms with E-state index in [0.717, 1.165) is 5.56 Å². The Balaban J connectivity index is 1.49. The smallest absolute Gasteiger partial charge is 0.412 e. The maximum Gasteiger partial charge on any atom is 0.412 e. The minimum absolute atomic E-state index is 0.0710. The number of thiocarbonyl (C=S) groups is 2. The first-order chi connectivity index (χ1) is 14.4. The van der Waals surface area contributed by atoms with Crippen LogP contribution in [0.4, 0.5) is 4.79 Å². The fraction of sp³-hybridized carbons (Fsp3) is 0.421. The number of fused-ring (bicyclic) bond motifs is 3. The second-order valence-electron chi connectivity index (χ2n) is 7.98. The number of ether oxygens (including phenoxy) is 1. The summed E-state index contributed by atoms with van der Waals surface area (Å²) in [5, 5.41) is 11.7. The first kappa shape index (κ1) is 19.2. The van der Waals surface area contributed by atoms with E-state index in [1.165, 1.54) is 4.90 Å². The molecule has 4 fully saturated rings. The topological polar surface area (TPSA) is 112 Å². The van der Waals surface area contributed by atoms with Crippen molar-refractivity contribution in [1.29, 1.82) is 0 Å². The lowest BCUT2D eigenvalue weighted by Gasteiger charge is -2.41. The number of likely N-dealkylation sites (tertiary alicyclic amines) is 1. The summed E-state index contributed by atoms with van der Waals surface area (Å²) in [5.41, 5.74) is -1.77. The molecule has 3 heterocycles. The molecule has 5 rings (SSSR count). The average molecular weight is 446 g/mol. The minimum atomic E-state index is -1.52. The minimum Gasteiger partial charge on any atom is -0.444 e. The van der Waals surface area contributed by atoms with E-state index < -0.39 is 29.1 Å². The molecule has 0 bridgehead atoms. The van der Waals surface area contributed by atoms with Gasteiger partial charge in [0.2, 0.25) is 5.66 Å². The van der Waals surface area contributed by atoms with Gasteiger partial charge in [-0.05, 0) is 48.8 Å². The van der Waals surface area contributed by atoms with Crippen molar-refractivity contribution >= 4 is 52.6 Å². The quantitative estimate of drug-likeness (QED) is 0.475. The molecule has 30 heavy (non-hydrogen) atoms. The molecule has 3 aliphatic heterocycles. The van der Waals surface area contributed by atoms with Crippen LogP contribution in [-0.2, 0) is 20.9 Å². The number of nitrogens with zero attached hydrogens (tertiary/aromatic N) is 1. The Hall–Kier alpha value is -2.79. The van der Waals surface area contributed by atoms with Gasteiger partial charge in [0.15, 0.2) is 10.2 Å². The van der Waals surface area contributed by atoms with Gasteiger partial charge in [-0.25, -0.2) is 4.79 Å². The SMILES string of the molecule is O=C(OCc1ccccc1)N1C[C@@H]2CC[C@]3(NC(=S)NC3=O)[C@@H]2[C@]12NC(=S)NC2=O. The fourth-order valence-electron chi connectivity index (χ4n) is 5.36. The standard InChI is InChI=1S/C19H19N5O4S2/c25-13-18(22-15(29)20-13)7-6-11-8-24(17(27)28-9-10-4-2-1-3-5-10)19(12(11)18)14(26)21-16(30)23-19/h1-5,11-12H,6-9H2,(H2,20,22,25,29)(H2,21,23,26,30)/t11-,12+,18-,19-/m0/s1. The Morgan fingerprint density at radius 1 is 1.10 bits per heavy atom. The Morgan fingerprint density at radius 3 is 2.43 bits per heavy atom. The molecule has 0 radical (unpaired) electrons. The molecule has 156 valence electrons. The molecule has 1 aromatic rings. The summed E-state index contributed by atoms with van der Waals surface area (Å²) in [7, 11) is 0. The van der Waals surface area contributed by atoms with Crippen LogP contribution in [0.1, 0.15) is 18.4 Å². The van der Waals surface area contributed by atoms with Gasteiger partial charge in [0.1, 0.15) is 12.1 Å². The summed E-state index contributed by atoms with van der Waals surface area (Å²) in [6.45, 7) is 0.340. The van der Waals surface area contributed by atoms with Gasteiger partial charge >= 0.3 is 6.09 Å². The van der Waals surface area contributed by atoms with E-state index in [-0.39, 0.29) is 35.2 Å². The van der Waals surface area contributed by atoms with E-state index >= 15 is 0 Å². The summed E-state index contributed by atoms with van der Waals surface area (Å²) in [6, 6.07) is 9.28. The fourth-order valence-corrected chi connectivity index (χ4v) is 5.89. The number of carbonyl (C=O) groups excluding carboxylic acids is 3. The number of hydrogen-bond acceptors (Lipinski definition) is 6.